The molecule has 1 fully saturated rings. The zero-order valence-electron chi connectivity index (χ0n) is 18.4. The topological polar surface area (TPSA) is 56.2 Å². The van der Waals surface area contributed by atoms with Crippen LogP contribution in [0.5, 0.6) is 0 Å². The average molecular weight is 495 g/mol. The largest absolute Gasteiger partial charge is 0.389 e. The first kappa shape index (κ1) is 24.2. The quantitative estimate of drug-likeness (QED) is 0.533. The van der Waals surface area contributed by atoms with Gasteiger partial charge in [0, 0.05) is 33.7 Å². The Morgan fingerprint density at radius 3 is 2.56 bits per heavy atom. The van der Waals surface area contributed by atoms with Crippen molar-refractivity contribution in [2.45, 2.75) is 53.4 Å². The van der Waals surface area contributed by atoms with Gasteiger partial charge in [-0.05, 0) is 43.4 Å². The smallest absolute Gasteiger partial charge is 0.145 e. The van der Waals surface area contributed by atoms with E-state index in [0.29, 0.717) is 10.8 Å². The van der Waals surface area contributed by atoms with Gasteiger partial charge in [-0.3, -0.25) is 0 Å². The summed E-state index contributed by atoms with van der Waals surface area (Å²) in [5.41, 5.74) is 1.04. The Hall–Kier alpha value is -0.930. The fraction of sp³-hybridized carbons (Fsp3) is 0.500. The predicted molar refractivity (Wildman–Crippen MR) is 134 cm³/mol. The Morgan fingerprint density at radius 2 is 1.84 bits per heavy atom. The minimum atomic E-state index is -0.932. The molecule has 0 amide bonds. The maximum absolute atomic E-state index is 11.1. The number of likely N-dealkylation sites (N-methyl/N-ethyl adjacent to an activating group) is 1. The van der Waals surface area contributed by atoms with E-state index in [0.717, 1.165) is 41.7 Å². The summed E-state index contributed by atoms with van der Waals surface area (Å²) in [5, 5.41) is 22.4. The van der Waals surface area contributed by atoms with E-state index in [2.05, 4.69) is 23.6 Å². The van der Waals surface area contributed by atoms with Gasteiger partial charge in [-0.15, -0.1) is 23.5 Å². The third-order valence-corrected chi connectivity index (χ3v) is 8.89. The van der Waals surface area contributed by atoms with Gasteiger partial charge >= 0.3 is 0 Å². The van der Waals surface area contributed by atoms with Crippen LogP contribution in [0.15, 0.2) is 58.3 Å². The van der Waals surface area contributed by atoms with E-state index < -0.39 is 18.3 Å². The zero-order chi connectivity index (χ0) is 22.7. The molecule has 1 saturated heterocycles. The number of thioether (sulfide) groups is 2. The number of hydrogen-bond acceptors (Lipinski definition) is 7. The number of ether oxygens (including phenoxy) is 1. The van der Waals surface area contributed by atoms with Gasteiger partial charge in [0.2, 0.25) is 0 Å². The third kappa shape index (κ3) is 5.25. The number of nitrogens with zero attached hydrogens (tertiary/aromatic N) is 2. The Bertz CT molecular complexity index is 887. The molecule has 2 aromatic rings. The number of rotatable bonds is 8. The highest BCUT2D eigenvalue weighted by atomic mass is 35.5. The molecule has 0 spiro atoms. The molecule has 2 heterocycles. The summed E-state index contributed by atoms with van der Waals surface area (Å²) >= 11 is 9.56. The van der Waals surface area contributed by atoms with E-state index in [9.17, 15) is 10.2 Å². The summed E-state index contributed by atoms with van der Waals surface area (Å²) in [6, 6.07) is 15.9. The van der Waals surface area contributed by atoms with Gasteiger partial charge < -0.3 is 24.7 Å². The monoisotopic (exact) mass is 494 g/mol. The molecule has 8 heteroatoms. The van der Waals surface area contributed by atoms with Crippen LogP contribution >= 0.6 is 35.1 Å². The molecule has 32 heavy (non-hydrogen) atoms. The number of benzene rings is 2. The van der Waals surface area contributed by atoms with Gasteiger partial charge in [-0.1, -0.05) is 43.6 Å². The van der Waals surface area contributed by atoms with Crippen LogP contribution in [0, 0.1) is 0 Å². The highest BCUT2D eigenvalue weighted by Crippen LogP contribution is 2.47. The van der Waals surface area contributed by atoms with Gasteiger partial charge in [-0.2, -0.15) is 0 Å². The van der Waals surface area contributed by atoms with Gasteiger partial charge in [0.15, 0.2) is 0 Å². The van der Waals surface area contributed by atoms with E-state index in [4.69, 9.17) is 16.3 Å². The lowest BCUT2D eigenvalue weighted by molar-refractivity contribution is -0.155. The molecule has 0 aliphatic carbocycles. The van der Waals surface area contributed by atoms with Crippen LogP contribution in [0.25, 0.3) is 0 Å². The number of hydrogen-bond donors (Lipinski definition) is 2. The van der Waals surface area contributed by atoms with Crippen LogP contribution in [-0.2, 0) is 4.74 Å². The number of fused-ring (bicyclic) bond motifs is 2. The normalized spacial score (nSPS) is 27.3. The van der Waals surface area contributed by atoms with Crippen molar-refractivity contribution in [2.75, 3.05) is 36.8 Å². The molecule has 0 bridgehead atoms. The van der Waals surface area contributed by atoms with E-state index >= 15 is 0 Å². The Balaban J connectivity index is 1.58. The number of anilines is 1. The van der Waals surface area contributed by atoms with Crippen LogP contribution < -0.4 is 4.90 Å². The molecule has 0 radical (unpaired) electrons. The van der Waals surface area contributed by atoms with E-state index in [1.165, 1.54) is 0 Å². The summed E-state index contributed by atoms with van der Waals surface area (Å²) in [6.45, 7) is 7.94. The summed E-state index contributed by atoms with van der Waals surface area (Å²) in [5.74, 6) is 0.572. The molecular formula is C24H31ClN2O3S2. The minimum absolute atomic E-state index is 0.270. The van der Waals surface area contributed by atoms with E-state index in [-0.39, 0.29) is 11.5 Å². The minimum Gasteiger partial charge on any atom is -0.389 e. The maximum atomic E-state index is 11.1. The molecule has 0 aromatic heterocycles. The van der Waals surface area contributed by atoms with Crippen LogP contribution in [0.2, 0.25) is 5.02 Å². The average Bonchev–Trinajstić information content (AvgIpc) is 2.81. The molecular weight excluding hydrogens is 464 g/mol. The molecule has 0 unspecified atom stereocenters. The van der Waals surface area contributed by atoms with Gasteiger partial charge in [-0.25, -0.2) is 0 Å². The molecule has 5 nitrogen and oxygen atoms in total. The summed E-state index contributed by atoms with van der Waals surface area (Å²) in [7, 11) is 0. The second-order valence-corrected chi connectivity index (χ2v) is 10.8. The van der Waals surface area contributed by atoms with Crippen molar-refractivity contribution in [2.24, 2.45) is 0 Å². The van der Waals surface area contributed by atoms with Crippen molar-refractivity contribution in [3.05, 3.63) is 53.6 Å². The number of halogens is 1. The van der Waals surface area contributed by atoms with Gasteiger partial charge in [0.1, 0.15) is 12.3 Å². The third-order valence-electron chi connectivity index (χ3n) is 6.17. The van der Waals surface area contributed by atoms with E-state index in [1.54, 1.807) is 23.5 Å². The lowest BCUT2D eigenvalue weighted by atomic mass is 9.99. The molecule has 174 valence electrons. The second kappa shape index (κ2) is 11.0. The Labute approximate surface area is 204 Å². The molecule has 2 aliphatic heterocycles. The Morgan fingerprint density at radius 1 is 1.09 bits per heavy atom. The van der Waals surface area contributed by atoms with Crippen molar-refractivity contribution in [1.82, 2.24) is 4.90 Å². The van der Waals surface area contributed by atoms with Gasteiger partial charge in [0.05, 0.1) is 23.1 Å². The molecule has 2 N–H and O–H groups in total. The van der Waals surface area contributed by atoms with Crippen LogP contribution in [0.4, 0.5) is 5.69 Å². The predicted octanol–water partition coefficient (Wildman–Crippen LogP) is 4.20. The fourth-order valence-corrected chi connectivity index (χ4v) is 6.78. The van der Waals surface area contributed by atoms with Crippen molar-refractivity contribution in [3.8, 4) is 0 Å². The first-order chi connectivity index (χ1) is 15.5. The summed E-state index contributed by atoms with van der Waals surface area (Å²) in [4.78, 5) is 6.78. The lowest BCUT2D eigenvalue weighted by Crippen LogP contribution is -2.63. The molecule has 2 aromatic carbocycles. The Kier molecular flexibility index (Phi) is 8.32. The van der Waals surface area contributed by atoms with Crippen molar-refractivity contribution in [3.63, 3.8) is 0 Å². The number of aliphatic hydroxyl groups excluding tert-OH is 2. The van der Waals surface area contributed by atoms with Gasteiger partial charge in [0.25, 0.3) is 0 Å². The summed E-state index contributed by atoms with van der Waals surface area (Å²) in [6.07, 6.45) is -2.60. The number of aliphatic hydroxyl groups is 2. The molecule has 4 rings (SSSR count). The van der Waals surface area contributed by atoms with Crippen LogP contribution in [0.3, 0.4) is 0 Å². The highest BCUT2D eigenvalue weighted by molar-refractivity contribution is 8.00. The highest BCUT2D eigenvalue weighted by Gasteiger charge is 2.49. The van der Waals surface area contributed by atoms with Crippen LogP contribution in [0.1, 0.15) is 13.8 Å². The standard InChI is InChI=1S/C24H31ClN2O3S2/c1-3-26(4-2)12-13-27-18-14-16(25)10-11-20(18)32-23-22(29)21(28)19(30-24(23)27)15-31-17-8-6-5-7-9-17/h5-11,14,19,21-24,28-29H,3-4,12-13,15H2,1-2H3/t19-,21-,22+,23+,24-/m1/s1. The first-order valence-electron chi connectivity index (χ1n) is 11.2. The van der Waals surface area contributed by atoms with Crippen molar-refractivity contribution >= 4 is 40.8 Å². The maximum Gasteiger partial charge on any atom is 0.145 e. The van der Waals surface area contributed by atoms with Crippen molar-refractivity contribution < 1.29 is 14.9 Å². The molecule has 2 aliphatic rings. The lowest BCUT2D eigenvalue weighted by Gasteiger charge is -2.50. The molecule has 5 atom stereocenters. The fourth-order valence-electron chi connectivity index (χ4n) is 4.27. The van der Waals surface area contributed by atoms with Crippen LogP contribution in [-0.4, -0.2) is 76.8 Å². The summed E-state index contributed by atoms with van der Waals surface area (Å²) < 4.78 is 6.52. The molecule has 0 saturated carbocycles. The first-order valence-corrected chi connectivity index (χ1v) is 13.4. The van der Waals surface area contributed by atoms with Crippen molar-refractivity contribution in [1.29, 1.82) is 0 Å². The van der Waals surface area contributed by atoms with E-state index in [1.807, 2.05) is 48.5 Å². The second-order valence-electron chi connectivity index (χ2n) is 8.09. The SMILES string of the molecule is CCN(CC)CCN1c2cc(Cl)ccc2S[C@H]2[C@@H](O)[C@H](O)[C@@H](CSc3ccccc3)O[C@H]21. The zero-order valence-corrected chi connectivity index (χ0v) is 20.8.